The highest BCUT2D eigenvalue weighted by Crippen LogP contribution is 2.41. The molecule has 226 valence electrons. The fourth-order valence-electron chi connectivity index (χ4n) is 7.19. The number of hydrogen-bond donors (Lipinski definition) is 0. The van der Waals surface area contributed by atoms with Crippen molar-refractivity contribution < 1.29 is 27.1 Å². The number of carbonyl (C=O) groups excluding carboxylic acids is 1. The number of nitrogens with zero attached hydrogens (tertiary/aromatic N) is 6. The zero-order valence-electron chi connectivity index (χ0n) is 23.8. The Balaban J connectivity index is 1.28. The summed E-state index contributed by atoms with van der Waals surface area (Å²) in [6.07, 6.45) is 4.44. The average Bonchev–Trinajstić information content (AvgIpc) is 3.49. The van der Waals surface area contributed by atoms with E-state index in [1.807, 2.05) is 16.8 Å². The molecule has 0 saturated carbocycles. The van der Waals surface area contributed by atoms with Crippen LogP contribution in [-0.2, 0) is 17.6 Å². The summed E-state index contributed by atoms with van der Waals surface area (Å²) in [4.78, 5) is 31.2. The first kappa shape index (κ1) is 28.0. The average molecular weight is 597 g/mol. The maximum Gasteiger partial charge on any atom is 0.319 e. The Morgan fingerprint density at radius 1 is 1.12 bits per heavy atom. The first-order valence-corrected chi connectivity index (χ1v) is 14.8. The van der Waals surface area contributed by atoms with Gasteiger partial charge in [0.15, 0.2) is 11.6 Å². The van der Waals surface area contributed by atoms with Crippen LogP contribution < -0.4 is 9.64 Å². The molecule has 3 saturated heterocycles. The van der Waals surface area contributed by atoms with Gasteiger partial charge in [-0.1, -0.05) is 6.58 Å². The van der Waals surface area contributed by atoms with Crippen LogP contribution in [0.3, 0.4) is 0 Å². The van der Waals surface area contributed by atoms with E-state index >= 15 is 4.39 Å². The van der Waals surface area contributed by atoms with Crippen molar-refractivity contribution in [2.75, 3.05) is 38.2 Å². The van der Waals surface area contributed by atoms with Crippen molar-refractivity contribution in [2.45, 2.75) is 62.8 Å². The highest BCUT2D eigenvalue weighted by Gasteiger charge is 2.50. The third-order valence-electron chi connectivity index (χ3n) is 9.48. The van der Waals surface area contributed by atoms with Crippen molar-refractivity contribution in [3.63, 3.8) is 0 Å². The second kappa shape index (κ2) is 10.7. The maximum atomic E-state index is 16.5. The van der Waals surface area contributed by atoms with Gasteiger partial charge in [-0.3, -0.25) is 14.7 Å². The third-order valence-corrected chi connectivity index (χ3v) is 9.48. The van der Waals surface area contributed by atoms with Crippen molar-refractivity contribution in [3.8, 4) is 17.3 Å². The molecule has 4 aliphatic rings. The molecule has 12 heteroatoms. The fraction of sp³-hybridized carbons (Fsp3) is 0.484. The molecule has 3 fully saturated rings. The van der Waals surface area contributed by atoms with Gasteiger partial charge in [0.1, 0.15) is 35.6 Å². The predicted molar refractivity (Wildman–Crippen MR) is 152 cm³/mol. The molecule has 0 N–H and O–H groups in total. The number of hydrogen-bond acceptors (Lipinski definition) is 7. The highest BCUT2D eigenvalue weighted by molar-refractivity contribution is 5.94. The van der Waals surface area contributed by atoms with Crippen molar-refractivity contribution in [1.29, 1.82) is 0 Å². The Hall–Kier alpha value is -3.80. The Morgan fingerprint density at radius 2 is 1.91 bits per heavy atom. The number of carbonyl (C=O) groups is 1. The van der Waals surface area contributed by atoms with Gasteiger partial charge in [-0.25, -0.2) is 17.6 Å². The summed E-state index contributed by atoms with van der Waals surface area (Å²) in [6, 6.07) is 2.31. The fourth-order valence-corrected chi connectivity index (χ4v) is 7.19. The molecule has 0 unspecified atom stereocenters. The van der Waals surface area contributed by atoms with E-state index in [-0.39, 0.29) is 47.8 Å². The van der Waals surface area contributed by atoms with Gasteiger partial charge >= 0.3 is 6.01 Å². The molecule has 4 atom stereocenters. The summed E-state index contributed by atoms with van der Waals surface area (Å²) in [5.41, 5.74) is 2.00. The van der Waals surface area contributed by atoms with Crippen LogP contribution in [-0.4, -0.2) is 88.2 Å². The zero-order valence-corrected chi connectivity index (χ0v) is 23.8. The molecule has 3 aliphatic heterocycles. The van der Waals surface area contributed by atoms with Gasteiger partial charge in [-0.2, -0.15) is 9.97 Å². The summed E-state index contributed by atoms with van der Waals surface area (Å²) < 4.78 is 64.7. The molecule has 1 aromatic carbocycles. The third kappa shape index (κ3) is 4.70. The number of halogens is 4. The van der Waals surface area contributed by atoms with E-state index in [2.05, 4.69) is 21.5 Å². The number of aromatic nitrogens is 3. The topological polar surface area (TPSA) is 74.7 Å². The number of likely N-dealkylation sites (N-methyl/N-ethyl adjacent to an activating group) is 1. The number of ether oxygens (including phenoxy) is 1. The molecule has 43 heavy (non-hydrogen) atoms. The molecule has 2 aromatic heterocycles. The van der Waals surface area contributed by atoms with E-state index in [1.54, 1.807) is 6.07 Å². The first-order valence-electron chi connectivity index (χ1n) is 14.8. The lowest BCUT2D eigenvalue weighted by atomic mass is 9.86. The standard InChI is InChI=1S/C31H32F4N6O2/c1-16(32)30(42)40-10-9-24-25(40)14-41(24)29-22-12-36-27(21-7-8-23(34)20-6-4-3-5-19(20)21)26(35)28(22)37-31(38-29)43-15-18-11-17(33)13-39(18)2/h7-8,12,17-18,24-25H,1,3-6,9-11,13-15H2,2H3/t17-,18+,24-,25-/m1/s1. The van der Waals surface area contributed by atoms with Crippen molar-refractivity contribution >= 4 is 22.6 Å². The normalized spacial score (nSPS) is 25.0. The van der Waals surface area contributed by atoms with Crippen LogP contribution in [0.15, 0.2) is 30.7 Å². The molecule has 1 aliphatic carbocycles. The van der Waals surface area contributed by atoms with Crippen LogP contribution in [0.4, 0.5) is 23.4 Å². The quantitative estimate of drug-likeness (QED) is 0.306. The number of rotatable bonds is 6. The Kier molecular flexibility index (Phi) is 6.98. The maximum absolute atomic E-state index is 16.5. The monoisotopic (exact) mass is 596 g/mol. The van der Waals surface area contributed by atoms with E-state index < -0.39 is 23.7 Å². The van der Waals surface area contributed by atoms with Crippen molar-refractivity contribution in [3.05, 3.63) is 53.5 Å². The molecule has 0 spiro atoms. The number of likely N-dealkylation sites (tertiary alicyclic amines) is 2. The van der Waals surface area contributed by atoms with Crippen LogP contribution in [0.1, 0.15) is 36.8 Å². The summed E-state index contributed by atoms with van der Waals surface area (Å²) in [5, 5.41) is 0.365. The number of anilines is 1. The Labute approximate surface area is 246 Å². The molecule has 8 nitrogen and oxygen atoms in total. The van der Waals surface area contributed by atoms with Crippen LogP contribution in [0, 0.1) is 11.6 Å². The van der Waals surface area contributed by atoms with Crippen molar-refractivity contribution in [1.82, 2.24) is 24.8 Å². The summed E-state index contributed by atoms with van der Waals surface area (Å²) in [6.45, 7) is 4.30. The smallest absolute Gasteiger partial charge is 0.319 e. The van der Waals surface area contributed by atoms with E-state index in [9.17, 15) is 18.0 Å². The molecule has 5 heterocycles. The lowest BCUT2D eigenvalue weighted by Crippen LogP contribution is -2.63. The molecule has 0 bridgehead atoms. The predicted octanol–water partition coefficient (Wildman–Crippen LogP) is 4.54. The van der Waals surface area contributed by atoms with Gasteiger partial charge in [0.2, 0.25) is 0 Å². The van der Waals surface area contributed by atoms with Gasteiger partial charge in [-0.05, 0) is 68.8 Å². The van der Waals surface area contributed by atoms with E-state index in [1.165, 1.54) is 17.2 Å². The first-order chi connectivity index (χ1) is 20.7. The molecule has 0 radical (unpaired) electrons. The lowest BCUT2D eigenvalue weighted by Gasteiger charge is -2.47. The zero-order chi connectivity index (χ0) is 30.0. The largest absolute Gasteiger partial charge is 0.462 e. The van der Waals surface area contributed by atoms with Crippen molar-refractivity contribution in [2.24, 2.45) is 0 Å². The Bertz CT molecular complexity index is 1640. The number of alkyl halides is 1. The molecule has 1 amide bonds. The van der Waals surface area contributed by atoms with Gasteiger partial charge in [-0.15, -0.1) is 0 Å². The minimum absolute atomic E-state index is 0.00791. The van der Waals surface area contributed by atoms with Crippen LogP contribution in [0.5, 0.6) is 6.01 Å². The van der Waals surface area contributed by atoms with E-state index in [0.29, 0.717) is 67.6 Å². The van der Waals surface area contributed by atoms with Gasteiger partial charge in [0.05, 0.1) is 17.5 Å². The second-order valence-corrected chi connectivity index (χ2v) is 12.0. The number of fused-ring (bicyclic) bond motifs is 3. The number of pyridine rings is 1. The Morgan fingerprint density at radius 3 is 2.65 bits per heavy atom. The van der Waals surface area contributed by atoms with E-state index in [4.69, 9.17) is 4.74 Å². The summed E-state index contributed by atoms with van der Waals surface area (Å²) in [5.74, 6) is -2.29. The second-order valence-electron chi connectivity index (χ2n) is 12.0. The van der Waals surface area contributed by atoms with Gasteiger partial charge in [0.25, 0.3) is 5.91 Å². The SMILES string of the molecule is C=C(F)C(=O)N1CC[C@@H]2[C@H]1CN2c1nc(OC[C@@H]2C[C@@H](F)CN2C)nc2c(F)c(-c3ccc(F)c4c3CCCC4)ncc12. The highest BCUT2D eigenvalue weighted by atomic mass is 19.1. The van der Waals surface area contributed by atoms with Crippen LogP contribution >= 0.6 is 0 Å². The lowest BCUT2D eigenvalue weighted by molar-refractivity contribution is -0.130. The molecular weight excluding hydrogens is 564 g/mol. The van der Waals surface area contributed by atoms with E-state index in [0.717, 1.165) is 18.4 Å². The van der Waals surface area contributed by atoms with Crippen LogP contribution in [0.2, 0.25) is 0 Å². The summed E-state index contributed by atoms with van der Waals surface area (Å²) in [7, 11) is 1.82. The molecule has 7 rings (SSSR count). The summed E-state index contributed by atoms with van der Waals surface area (Å²) >= 11 is 0. The molecule has 3 aromatic rings. The number of amides is 1. The van der Waals surface area contributed by atoms with Crippen LogP contribution in [0.25, 0.3) is 22.2 Å². The minimum atomic E-state index is -1.00. The van der Waals surface area contributed by atoms with Gasteiger partial charge in [0, 0.05) is 37.4 Å². The van der Waals surface area contributed by atoms with Gasteiger partial charge < -0.3 is 14.5 Å². The number of benzene rings is 1. The minimum Gasteiger partial charge on any atom is -0.462 e. The molecular formula is C31H32F4N6O2.